The normalized spacial score (nSPS) is 33.4. The summed E-state index contributed by atoms with van der Waals surface area (Å²) in [6, 6.07) is 6.96. The number of halogens is 1. The van der Waals surface area contributed by atoms with E-state index >= 15 is 0 Å². The minimum atomic E-state index is -0.614. The Morgan fingerprint density at radius 3 is 2.53 bits per heavy atom. The number of ketones is 1. The average Bonchev–Trinajstić information content (AvgIpc) is 2.62. The molecule has 2 aliphatic rings. The molecule has 0 spiro atoms. The Bertz CT molecular complexity index is 528. The van der Waals surface area contributed by atoms with Crippen molar-refractivity contribution in [3.8, 4) is 0 Å². The molecule has 4 nitrogen and oxygen atoms in total. The summed E-state index contributed by atoms with van der Waals surface area (Å²) in [4.78, 5) is 23.3. The van der Waals surface area contributed by atoms with Gasteiger partial charge in [0.15, 0.2) is 0 Å². The van der Waals surface area contributed by atoms with Gasteiger partial charge in [0.25, 0.3) is 0 Å². The standard InChI is InChI=1S/C14H14BrNO3/c15-10-4-1-8(2-5-10)13-11-6-3-9(14(11)17)7-12(13)16(18)19/h1-2,4-5,9,11-13H,3,6-7H2/t9-,11+,12+,13+/m1/s1. The Kier molecular flexibility index (Phi) is 3.17. The molecular weight excluding hydrogens is 310 g/mol. The number of rotatable bonds is 2. The molecule has 5 heteroatoms. The first kappa shape index (κ1) is 12.8. The fraction of sp³-hybridized carbons (Fsp3) is 0.500. The van der Waals surface area contributed by atoms with Crippen LogP contribution in [0.1, 0.15) is 30.7 Å². The molecule has 1 aromatic carbocycles. The molecule has 1 aromatic rings. The molecule has 100 valence electrons. The summed E-state index contributed by atoms with van der Waals surface area (Å²) in [5.41, 5.74) is 0.920. The van der Waals surface area contributed by atoms with Crippen molar-refractivity contribution in [2.75, 3.05) is 0 Å². The summed E-state index contributed by atoms with van der Waals surface area (Å²) < 4.78 is 0.945. The van der Waals surface area contributed by atoms with Crippen molar-refractivity contribution in [3.05, 3.63) is 44.4 Å². The molecule has 0 aromatic heterocycles. The summed E-state index contributed by atoms with van der Waals surface area (Å²) in [7, 11) is 0. The molecule has 0 aliphatic heterocycles. The summed E-state index contributed by atoms with van der Waals surface area (Å²) in [5.74, 6) is -0.247. The SMILES string of the molecule is O=C1[C@@H]2CC[C@H]1[C@H](c1ccc(Br)cc1)[C@@H]([N+](=O)[O-])C2. The molecular formula is C14H14BrNO3. The second-order valence-electron chi connectivity index (χ2n) is 5.45. The maximum atomic E-state index is 12.2. The Morgan fingerprint density at radius 1 is 1.21 bits per heavy atom. The van der Waals surface area contributed by atoms with Crippen LogP contribution in [0.2, 0.25) is 0 Å². The zero-order chi connectivity index (χ0) is 13.6. The topological polar surface area (TPSA) is 60.2 Å². The van der Waals surface area contributed by atoms with Crippen LogP contribution in [0, 0.1) is 22.0 Å². The maximum Gasteiger partial charge on any atom is 0.221 e. The molecule has 0 radical (unpaired) electrons. The minimum Gasteiger partial charge on any atom is -0.299 e. The fourth-order valence-electron chi connectivity index (χ4n) is 3.62. The molecule has 2 saturated carbocycles. The van der Waals surface area contributed by atoms with E-state index in [2.05, 4.69) is 15.9 Å². The first-order valence-electron chi connectivity index (χ1n) is 6.50. The molecule has 0 unspecified atom stereocenters. The molecule has 0 N–H and O–H groups in total. The van der Waals surface area contributed by atoms with Gasteiger partial charge in [-0.15, -0.1) is 0 Å². The Labute approximate surface area is 119 Å². The molecule has 2 aliphatic carbocycles. The van der Waals surface area contributed by atoms with Crippen molar-refractivity contribution in [2.24, 2.45) is 11.8 Å². The van der Waals surface area contributed by atoms with Crippen LogP contribution in [0.4, 0.5) is 0 Å². The van der Waals surface area contributed by atoms with E-state index in [4.69, 9.17) is 0 Å². The molecule has 0 amide bonds. The van der Waals surface area contributed by atoms with E-state index in [9.17, 15) is 14.9 Å². The molecule has 3 rings (SSSR count). The second kappa shape index (κ2) is 4.71. The molecule has 2 bridgehead atoms. The van der Waals surface area contributed by atoms with Crippen molar-refractivity contribution < 1.29 is 9.72 Å². The lowest BCUT2D eigenvalue weighted by molar-refractivity contribution is -0.530. The summed E-state index contributed by atoms with van der Waals surface area (Å²) in [5, 5.41) is 11.3. The van der Waals surface area contributed by atoms with Crippen LogP contribution in [-0.2, 0) is 4.79 Å². The first-order valence-corrected chi connectivity index (χ1v) is 7.30. The van der Waals surface area contributed by atoms with Crippen molar-refractivity contribution >= 4 is 21.7 Å². The van der Waals surface area contributed by atoms with E-state index < -0.39 is 6.04 Å². The lowest BCUT2D eigenvalue weighted by Gasteiger charge is -2.30. The average molecular weight is 324 g/mol. The van der Waals surface area contributed by atoms with Gasteiger partial charge in [0.05, 0.1) is 5.92 Å². The number of benzene rings is 1. The van der Waals surface area contributed by atoms with Gasteiger partial charge in [-0.25, -0.2) is 0 Å². The Balaban J connectivity index is 2.01. The molecule has 0 heterocycles. The van der Waals surface area contributed by atoms with Gasteiger partial charge in [0.1, 0.15) is 5.78 Å². The minimum absolute atomic E-state index is 0.0768. The van der Waals surface area contributed by atoms with E-state index in [1.165, 1.54) is 0 Å². The monoisotopic (exact) mass is 323 g/mol. The van der Waals surface area contributed by atoms with Crippen molar-refractivity contribution in [1.29, 1.82) is 0 Å². The maximum absolute atomic E-state index is 12.2. The number of carbonyl (C=O) groups excluding carboxylic acids is 1. The summed E-state index contributed by atoms with van der Waals surface area (Å²) in [6.07, 6.45) is 2.03. The number of nitrogens with zero attached hydrogens (tertiary/aromatic N) is 1. The zero-order valence-electron chi connectivity index (χ0n) is 10.3. The highest BCUT2D eigenvalue weighted by molar-refractivity contribution is 9.10. The van der Waals surface area contributed by atoms with E-state index in [1.54, 1.807) is 0 Å². The van der Waals surface area contributed by atoms with E-state index in [0.717, 1.165) is 22.9 Å². The number of carbonyl (C=O) groups is 1. The van der Waals surface area contributed by atoms with Gasteiger partial charge in [0, 0.05) is 27.7 Å². The van der Waals surface area contributed by atoms with Gasteiger partial charge in [-0.05, 0) is 30.5 Å². The lowest BCUT2D eigenvalue weighted by atomic mass is 9.72. The lowest BCUT2D eigenvalue weighted by Crippen LogP contribution is -2.41. The Hall–Kier alpha value is -1.23. The highest BCUT2D eigenvalue weighted by Crippen LogP contribution is 2.48. The van der Waals surface area contributed by atoms with Gasteiger partial charge in [0.2, 0.25) is 6.04 Å². The van der Waals surface area contributed by atoms with Crippen molar-refractivity contribution in [2.45, 2.75) is 31.2 Å². The second-order valence-corrected chi connectivity index (χ2v) is 6.36. The van der Waals surface area contributed by atoms with E-state index in [-0.39, 0.29) is 28.5 Å². The third kappa shape index (κ3) is 2.10. The molecule has 0 saturated heterocycles. The third-order valence-electron chi connectivity index (χ3n) is 4.49. The van der Waals surface area contributed by atoms with Crippen molar-refractivity contribution in [1.82, 2.24) is 0 Å². The largest absolute Gasteiger partial charge is 0.299 e. The van der Waals surface area contributed by atoms with Crippen LogP contribution >= 0.6 is 15.9 Å². The molecule has 2 fully saturated rings. The number of nitro groups is 1. The number of hydrogen-bond donors (Lipinski definition) is 0. The predicted molar refractivity (Wildman–Crippen MR) is 73.5 cm³/mol. The highest BCUT2D eigenvalue weighted by atomic mass is 79.9. The first-order chi connectivity index (χ1) is 9.08. The van der Waals surface area contributed by atoms with Gasteiger partial charge in [-0.1, -0.05) is 28.1 Å². The van der Waals surface area contributed by atoms with E-state index in [0.29, 0.717) is 6.42 Å². The summed E-state index contributed by atoms with van der Waals surface area (Å²) >= 11 is 3.36. The van der Waals surface area contributed by atoms with Gasteiger partial charge in [-0.2, -0.15) is 0 Å². The highest BCUT2D eigenvalue weighted by Gasteiger charge is 2.53. The molecule has 4 atom stereocenters. The van der Waals surface area contributed by atoms with E-state index in [1.807, 2.05) is 24.3 Å². The Morgan fingerprint density at radius 2 is 1.89 bits per heavy atom. The molecule has 19 heavy (non-hydrogen) atoms. The van der Waals surface area contributed by atoms with Crippen LogP contribution in [0.5, 0.6) is 0 Å². The smallest absolute Gasteiger partial charge is 0.221 e. The number of hydrogen-bond acceptors (Lipinski definition) is 3. The van der Waals surface area contributed by atoms with Crippen LogP contribution < -0.4 is 0 Å². The van der Waals surface area contributed by atoms with Crippen LogP contribution in [0.25, 0.3) is 0 Å². The van der Waals surface area contributed by atoms with Gasteiger partial charge < -0.3 is 0 Å². The third-order valence-corrected chi connectivity index (χ3v) is 5.02. The van der Waals surface area contributed by atoms with Crippen molar-refractivity contribution in [3.63, 3.8) is 0 Å². The quantitative estimate of drug-likeness (QED) is 0.620. The van der Waals surface area contributed by atoms with Gasteiger partial charge >= 0.3 is 0 Å². The fourth-order valence-corrected chi connectivity index (χ4v) is 3.89. The van der Waals surface area contributed by atoms with Crippen LogP contribution in [-0.4, -0.2) is 16.7 Å². The van der Waals surface area contributed by atoms with Crippen LogP contribution in [0.15, 0.2) is 28.7 Å². The predicted octanol–water partition coefficient (Wildman–Crippen LogP) is 3.18. The summed E-state index contributed by atoms with van der Waals surface area (Å²) in [6.45, 7) is 0. The van der Waals surface area contributed by atoms with Gasteiger partial charge in [-0.3, -0.25) is 14.9 Å². The number of Topliss-reactive ketones (excluding diaryl/α,β-unsaturated/α-hetero) is 1. The van der Waals surface area contributed by atoms with Crippen LogP contribution in [0.3, 0.4) is 0 Å². The number of fused-ring (bicyclic) bond motifs is 2. The zero-order valence-corrected chi connectivity index (χ0v) is 11.9.